The third-order valence-electron chi connectivity index (χ3n) is 3.90. The minimum absolute atomic E-state index is 0.196. The number of nitrogen functional groups attached to an aromatic ring is 1. The van der Waals surface area contributed by atoms with Crippen LogP contribution in [0.3, 0.4) is 0 Å². The summed E-state index contributed by atoms with van der Waals surface area (Å²) in [6, 6.07) is 8.61. The molecule has 2 N–H and O–H groups in total. The molecule has 1 aromatic carbocycles. The first kappa shape index (κ1) is 13.9. The monoisotopic (exact) mass is 257 g/mol. The fourth-order valence-electron chi connectivity index (χ4n) is 2.63. The van der Waals surface area contributed by atoms with Crippen LogP contribution in [-0.4, -0.2) is 18.0 Å². The Morgan fingerprint density at radius 3 is 2.89 bits per heavy atom. The lowest BCUT2D eigenvalue weighted by Crippen LogP contribution is -2.31. The predicted octanol–water partition coefficient (Wildman–Crippen LogP) is 2.96. The first-order chi connectivity index (χ1) is 9.00. The molecule has 1 aliphatic rings. The molecule has 0 fully saturated rings. The molecule has 0 amide bonds. The zero-order valence-corrected chi connectivity index (χ0v) is 11.9. The summed E-state index contributed by atoms with van der Waals surface area (Å²) in [6.07, 6.45) is 3.15. The van der Waals surface area contributed by atoms with Gasteiger partial charge in [-0.1, -0.05) is 6.07 Å². The number of fused-ring (bicyclic) bond motifs is 1. The van der Waals surface area contributed by atoms with Crippen molar-refractivity contribution in [3.05, 3.63) is 29.3 Å². The topological polar surface area (TPSA) is 53.0 Å². The van der Waals surface area contributed by atoms with Gasteiger partial charge in [0.05, 0.1) is 11.5 Å². The van der Waals surface area contributed by atoms with Crippen molar-refractivity contribution in [3.8, 4) is 6.07 Å². The Bertz CT molecular complexity index is 485. The van der Waals surface area contributed by atoms with Crippen molar-refractivity contribution in [3.63, 3.8) is 0 Å². The number of anilines is 1. The van der Waals surface area contributed by atoms with Crippen LogP contribution >= 0.6 is 0 Å². The summed E-state index contributed by atoms with van der Waals surface area (Å²) in [5, 5.41) is 9.01. The molecule has 0 aliphatic carbocycles. The molecule has 3 heteroatoms. The molecule has 3 nitrogen and oxygen atoms in total. The van der Waals surface area contributed by atoms with Crippen molar-refractivity contribution in [2.24, 2.45) is 5.41 Å². The molecule has 0 aromatic heterocycles. The van der Waals surface area contributed by atoms with Gasteiger partial charge < -0.3 is 5.73 Å². The van der Waals surface area contributed by atoms with Crippen molar-refractivity contribution in [2.45, 2.75) is 39.7 Å². The smallest absolute Gasteiger partial charge is 0.0683 e. The van der Waals surface area contributed by atoms with Gasteiger partial charge >= 0.3 is 0 Å². The van der Waals surface area contributed by atoms with Gasteiger partial charge in [-0.2, -0.15) is 5.26 Å². The second kappa shape index (κ2) is 5.63. The van der Waals surface area contributed by atoms with Crippen molar-refractivity contribution in [1.82, 2.24) is 4.90 Å². The molecule has 102 valence electrons. The van der Waals surface area contributed by atoms with Crippen LogP contribution in [0.1, 0.15) is 37.8 Å². The molecule has 2 rings (SSSR count). The molecular weight excluding hydrogens is 234 g/mol. The summed E-state index contributed by atoms with van der Waals surface area (Å²) < 4.78 is 0. The first-order valence-corrected chi connectivity index (χ1v) is 7.01. The van der Waals surface area contributed by atoms with Gasteiger partial charge in [0.2, 0.25) is 0 Å². The van der Waals surface area contributed by atoms with E-state index in [1.54, 1.807) is 0 Å². The molecule has 0 atom stereocenters. The number of nitrogens with two attached hydrogens (primary N) is 1. The zero-order chi connectivity index (χ0) is 13.9. The zero-order valence-electron chi connectivity index (χ0n) is 11.9. The summed E-state index contributed by atoms with van der Waals surface area (Å²) in [6.45, 7) is 7.20. The van der Waals surface area contributed by atoms with E-state index in [0.29, 0.717) is 0 Å². The van der Waals surface area contributed by atoms with Gasteiger partial charge in [-0.05, 0) is 62.9 Å². The predicted molar refractivity (Wildman–Crippen MR) is 78.5 cm³/mol. The molecule has 19 heavy (non-hydrogen) atoms. The van der Waals surface area contributed by atoms with E-state index in [9.17, 15) is 0 Å². The fourth-order valence-corrected chi connectivity index (χ4v) is 2.63. The molecule has 1 aromatic rings. The second-order valence-electron chi connectivity index (χ2n) is 6.15. The number of hydrogen-bond donors (Lipinski definition) is 1. The second-order valence-corrected chi connectivity index (χ2v) is 6.15. The Morgan fingerprint density at radius 1 is 1.37 bits per heavy atom. The molecule has 0 saturated carbocycles. The van der Waals surface area contributed by atoms with Crippen LogP contribution in [0.4, 0.5) is 5.69 Å². The van der Waals surface area contributed by atoms with Gasteiger partial charge in [-0.15, -0.1) is 0 Å². The molecular formula is C16H23N3. The van der Waals surface area contributed by atoms with E-state index in [1.807, 2.05) is 19.9 Å². The van der Waals surface area contributed by atoms with Crippen LogP contribution in [0.25, 0.3) is 0 Å². The van der Waals surface area contributed by atoms with Crippen LogP contribution in [0.5, 0.6) is 0 Å². The molecule has 1 aliphatic heterocycles. The van der Waals surface area contributed by atoms with Crippen molar-refractivity contribution < 1.29 is 0 Å². The minimum Gasteiger partial charge on any atom is -0.399 e. The highest BCUT2D eigenvalue weighted by molar-refractivity contribution is 5.45. The molecule has 0 radical (unpaired) electrons. The summed E-state index contributed by atoms with van der Waals surface area (Å²) in [4.78, 5) is 2.47. The highest BCUT2D eigenvalue weighted by atomic mass is 15.1. The lowest BCUT2D eigenvalue weighted by atomic mass is 9.89. The SMILES string of the molecule is CC(C)(C#N)CCCN1CCc2ccc(N)cc2C1. The maximum Gasteiger partial charge on any atom is 0.0683 e. The summed E-state index contributed by atoms with van der Waals surface area (Å²) >= 11 is 0. The number of nitriles is 1. The highest BCUT2D eigenvalue weighted by Crippen LogP contribution is 2.24. The van der Waals surface area contributed by atoms with Crippen LogP contribution in [0, 0.1) is 16.7 Å². The largest absolute Gasteiger partial charge is 0.399 e. The van der Waals surface area contributed by atoms with Gasteiger partial charge in [-0.3, -0.25) is 4.90 Å². The van der Waals surface area contributed by atoms with Crippen molar-refractivity contribution in [2.75, 3.05) is 18.8 Å². The van der Waals surface area contributed by atoms with Crippen LogP contribution < -0.4 is 5.73 Å². The molecule has 0 bridgehead atoms. The average Bonchev–Trinajstić information content (AvgIpc) is 2.38. The number of benzene rings is 1. The van der Waals surface area contributed by atoms with Crippen molar-refractivity contribution in [1.29, 1.82) is 5.26 Å². The van der Waals surface area contributed by atoms with E-state index >= 15 is 0 Å². The number of nitrogens with zero attached hydrogens (tertiary/aromatic N) is 2. The Morgan fingerprint density at radius 2 is 2.16 bits per heavy atom. The molecule has 0 spiro atoms. The quantitative estimate of drug-likeness (QED) is 0.844. The summed E-state index contributed by atoms with van der Waals surface area (Å²) in [5.41, 5.74) is 9.30. The third kappa shape index (κ3) is 3.71. The van der Waals surface area contributed by atoms with Crippen LogP contribution in [0.15, 0.2) is 18.2 Å². The lowest BCUT2D eigenvalue weighted by Gasteiger charge is -2.29. The first-order valence-electron chi connectivity index (χ1n) is 7.01. The number of rotatable bonds is 4. The normalized spacial score (nSPS) is 15.8. The van der Waals surface area contributed by atoms with Crippen molar-refractivity contribution >= 4 is 5.69 Å². The Hall–Kier alpha value is -1.53. The Labute approximate surface area is 116 Å². The van der Waals surface area contributed by atoms with E-state index in [4.69, 9.17) is 11.0 Å². The van der Waals surface area contributed by atoms with Gasteiger partial charge in [0, 0.05) is 18.8 Å². The van der Waals surface area contributed by atoms with Gasteiger partial charge in [0.25, 0.3) is 0 Å². The molecule has 0 unspecified atom stereocenters. The number of hydrogen-bond acceptors (Lipinski definition) is 3. The molecule has 1 heterocycles. The molecule has 0 saturated heterocycles. The average molecular weight is 257 g/mol. The van der Waals surface area contributed by atoms with Crippen LogP contribution in [0.2, 0.25) is 0 Å². The summed E-state index contributed by atoms with van der Waals surface area (Å²) in [7, 11) is 0. The van der Waals surface area contributed by atoms with Gasteiger partial charge in [0.15, 0.2) is 0 Å². The standard InChI is InChI=1S/C16H23N3/c1-16(2,12-17)7-3-8-19-9-6-13-4-5-15(18)10-14(13)11-19/h4-5,10H,3,6-9,11,18H2,1-2H3. The minimum atomic E-state index is -0.196. The van der Waals surface area contributed by atoms with E-state index in [0.717, 1.165) is 44.6 Å². The maximum absolute atomic E-state index is 9.01. The van der Waals surface area contributed by atoms with Gasteiger partial charge in [0.1, 0.15) is 0 Å². The Balaban J connectivity index is 1.87. The van der Waals surface area contributed by atoms with Gasteiger partial charge in [-0.25, -0.2) is 0 Å². The maximum atomic E-state index is 9.01. The van der Waals surface area contributed by atoms with E-state index in [1.165, 1.54) is 11.1 Å². The third-order valence-corrected chi connectivity index (χ3v) is 3.90. The van der Waals surface area contributed by atoms with E-state index < -0.39 is 0 Å². The lowest BCUT2D eigenvalue weighted by molar-refractivity contribution is 0.238. The summed E-state index contributed by atoms with van der Waals surface area (Å²) in [5.74, 6) is 0. The highest BCUT2D eigenvalue weighted by Gasteiger charge is 2.19. The van der Waals surface area contributed by atoms with E-state index in [2.05, 4.69) is 23.1 Å². The Kier molecular flexibility index (Phi) is 4.11. The van der Waals surface area contributed by atoms with Crippen LogP contribution in [-0.2, 0) is 13.0 Å². The van der Waals surface area contributed by atoms with E-state index in [-0.39, 0.29) is 5.41 Å². The fraction of sp³-hybridized carbons (Fsp3) is 0.562.